The first kappa shape index (κ1) is 17.9. The third kappa shape index (κ3) is 10.5. The van der Waals surface area contributed by atoms with Gasteiger partial charge in [-0.25, -0.2) is 0 Å². The molecule has 0 radical (unpaired) electrons. The van der Waals surface area contributed by atoms with Gasteiger partial charge in [-0.2, -0.15) is 0 Å². The predicted octanol–water partition coefficient (Wildman–Crippen LogP) is 3.35. The van der Waals surface area contributed by atoms with E-state index < -0.39 is 11.9 Å². The molecule has 19 heavy (non-hydrogen) atoms. The number of aliphatic carboxylic acids is 1. The molecule has 0 aromatic rings. The Balaban J connectivity index is 3.46. The van der Waals surface area contributed by atoms with E-state index in [0.29, 0.717) is 12.8 Å². The van der Waals surface area contributed by atoms with Crippen LogP contribution < -0.4 is 5.32 Å². The van der Waals surface area contributed by atoms with Crippen molar-refractivity contribution in [1.29, 1.82) is 0 Å². The Bertz CT molecular complexity index is 254. The molecule has 4 nitrogen and oxygen atoms in total. The molecule has 2 N–H and O–H groups in total. The van der Waals surface area contributed by atoms with Gasteiger partial charge in [0.2, 0.25) is 5.91 Å². The van der Waals surface area contributed by atoms with Crippen LogP contribution >= 0.6 is 0 Å². The number of carboxylic acid groups (broad SMARTS) is 1. The molecular formula is C15H29NO3. The van der Waals surface area contributed by atoms with E-state index in [4.69, 9.17) is 5.11 Å². The highest BCUT2D eigenvalue weighted by Crippen LogP contribution is 2.08. The van der Waals surface area contributed by atoms with Crippen LogP contribution in [-0.2, 0) is 9.59 Å². The molecule has 1 atom stereocenters. The van der Waals surface area contributed by atoms with Gasteiger partial charge in [0.25, 0.3) is 0 Å². The first-order chi connectivity index (χ1) is 9.11. The molecule has 0 aliphatic carbocycles. The van der Waals surface area contributed by atoms with Crippen LogP contribution in [0.25, 0.3) is 0 Å². The number of hydrogen-bond acceptors (Lipinski definition) is 2. The molecule has 0 fully saturated rings. The second kappa shape index (κ2) is 12.0. The zero-order valence-electron chi connectivity index (χ0n) is 12.4. The average molecular weight is 271 g/mol. The van der Waals surface area contributed by atoms with Crippen molar-refractivity contribution in [3.63, 3.8) is 0 Å². The quantitative estimate of drug-likeness (QED) is 0.535. The van der Waals surface area contributed by atoms with E-state index in [1.807, 2.05) is 6.92 Å². The summed E-state index contributed by atoms with van der Waals surface area (Å²) in [6, 6.07) is 0. The van der Waals surface area contributed by atoms with Crippen molar-refractivity contribution in [3.8, 4) is 0 Å². The lowest BCUT2D eigenvalue weighted by molar-refractivity contribution is -0.141. The van der Waals surface area contributed by atoms with Crippen molar-refractivity contribution in [3.05, 3.63) is 0 Å². The van der Waals surface area contributed by atoms with Gasteiger partial charge in [0, 0.05) is 13.0 Å². The molecule has 0 saturated carbocycles. The summed E-state index contributed by atoms with van der Waals surface area (Å²) in [7, 11) is 0. The Labute approximate surface area is 117 Å². The number of rotatable bonds is 12. The van der Waals surface area contributed by atoms with Crippen LogP contribution in [0.3, 0.4) is 0 Å². The van der Waals surface area contributed by atoms with Crippen LogP contribution in [0, 0.1) is 5.92 Å². The minimum absolute atomic E-state index is 0.0201. The van der Waals surface area contributed by atoms with E-state index in [0.717, 1.165) is 12.8 Å². The maximum atomic E-state index is 11.5. The molecular weight excluding hydrogens is 242 g/mol. The lowest BCUT2D eigenvalue weighted by Gasteiger charge is -2.10. The predicted molar refractivity (Wildman–Crippen MR) is 77.0 cm³/mol. The van der Waals surface area contributed by atoms with Crippen molar-refractivity contribution >= 4 is 11.9 Å². The second-order valence-electron chi connectivity index (χ2n) is 5.12. The average Bonchev–Trinajstić information content (AvgIpc) is 2.38. The van der Waals surface area contributed by atoms with Crippen molar-refractivity contribution in [1.82, 2.24) is 5.32 Å². The Morgan fingerprint density at radius 1 is 1.00 bits per heavy atom. The Hall–Kier alpha value is -1.06. The molecule has 0 bridgehead atoms. The lowest BCUT2D eigenvalue weighted by atomic mass is 10.1. The van der Waals surface area contributed by atoms with Gasteiger partial charge in [-0.3, -0.25) is 9.59 Å². The first-order valence-electron chi connectivity index (χ1n) is 7.61. The maximum Gasteiger partial charge on any atom is 0.308 e. The minimum Gasteiger partial charge on any atom is -0.481 e. The number of unbranched alkanes of at least 4 members (excludes halogenated alkanes) is 6. The summed E-state index contributed by atoms with van der Waals surface area (Å²) < 4.78 is 0. The maximum absolute atomic E-state index is 11.5. The summed E-state index contributed by atoms with van der Waals surface area (Å²) >= 11 is 0. The topological polar surface area (TPSA) is 66.4 Å². The van der Waals surface area contributed by atoms with E-state index in [9.17, 15) is 9.59 Å². The molecule has 1 amide bonds. The summed E-state index contributed by atoms with van der Waals surface area (Å²) in [4.78, 5) is 22.3. The van der Waals surface area contributed by atoms with Crippen LogP contribution in [-0.4, -0.2) is 23.5 Å². The number of hydrogen-bond donors (Lipinski definition) is 2. The number of amides is 1. The van der Waals surface area contributed by atoms with Gasteiger partial charge in [-0.05, 0) is 12.8 Å². The van der Waals surface area contributed by atoms with Crippen molar-refractivity contribution in [2.45, 2.75) is 71.6 Å². The first-order valence-corrected chi connectivity index (χ1v) is 7.61. The van der Waals surface area contributed by atoms with Crippen LogP contribution in [0.1, 0.15) is 71.6 Å². The molecule has 4 heteroatoms. The van der Waals surface area contributed by atoms with Crippen molar-refractivity contribution < 1.29 is 14.7 Å². The smallest absolute Gasteiger partial charge is 0.308 e. The zero-order chi connectivity index (χ0) is 14.5. The molecule has 112 valence electrons. The molecule has 0 saturated heterocycles. The van der Waals surface area contributed by atoms with Gasteiger partial charge in [0.1, 0.15) is 0 Å². The van der Waals surface area contributed by atoms with Crippen LogP contribution in [0.4, 0.5) is 0 Å². The van der Waals surface area contributed by atoms with Crippen LogP contribution in [0.2, 0.25) is 0 Å². The largest absolute Gasteiger partial charge is 0.481 e. The fraction of sp³-hybridized carbons (Fsp3) is 0.867. The normalized spacial score (nSPS) is 12.1. The van der Waals surface area contributed by atoms with E-state index >= 15 is 0 Å². The molecule has 0 aromatic carbocycles. The molecule has 0 spiro atoms. The molecule has 1 unspecified atom stereocenters. The highest BCUT2D eigenvalue weighted by atomic mass is 16.4. The monoisotopic (exact) mass is 271 g/mol. The third-order valence-corrected chi connectivity index (χ3v) is 3.40. The van der Waals surface area contributed by atoms with Gasteiger partial charge in [0.05, 0.1) is 5.92 Å². The summed E-state index contributed by atoms with van der Waals surface area (Å²) in [6.07, 6.45) is 9.36. The van der Waals surface area contributed by atoms with Crippen LogP contribution in [0.15, 0.2) is 0 Å². The van der Waals surface area contributed by atoms with Crippen molar-refractivity contribution in [2.75, 3.05) is 6.54 Å². The Morgan fingerprint density at radius 3 is 2.11 bits per heavy atom. The standard InChI is InChI=1S/C15H29NO3/c1-3-5-6-7-8-9-10-11-14(17)16-12-13(4-2)15(18)19/h13H,3-12H2,1-2H3,(H,16,17)(H,18,19). The highest BCUT2D eigenvalue weighted by Gasteiger charge is 2.15. The third-order valence-electron chi connectivity index (χ3n) is 3.40. The summed E-state index contributed by atoms with van der Waals surface area (Å²) in [6.45, 7) is 4.27. The van der Waals surface area contributed by atoms with Crippen molar-refractivity contribution in [2.24, 2.45) is 5.92 Å². The summed E-state index contributed by atoms with van der Waals surface area (Å²) in [5.41, 5.74) is 0. The van der Waals surface area contributed by atoms with E-state index in [-0.39, 0.29) is 12.5 Å². The van der Waals surface area contributed by atoms with Gasteiger partial charge in [0.15, 0.2) is 0 Å². The van der Waals surface area contributed by atoms with Crippen LogP contribution in [0.5, 0.6) is 0 Å². The van der Waals surface area contributed by atoms with E-state index in [2.05, 4.69) is 12.2 Å². The molecule has 0 rings (SSSR count). The Kier molecular flexibility index (Phi) is 11.3. The molecule has 0 heterocycles. The van der Waals surface area contributed by atoms with E-state index in [1.54, 1.807) is 0 Å². The Morgan fingerprint density at radius 2 is 1.58 bits per heavy atom. The zero-order valence-corrected chi connectivity index (χ0v) is 12.4. The van der Waals surface area contributed by atoms with Gasteiger partial charge in [-0.1, -0.05) is 52.4 Å². The lowest BCUT2D eigenvalue weighted by Crippen LogP contribution is -2.32. The number of carboxylic acids is 1. The minimum atomic E-state index is -0.835. The SMILES string of the molecule is CCCCCCCCCC(=O)NCC(CC)C(=O)O. The molecule has 0 aliphatic rings. The molecule has 0 aromatic heterocycles. The van der Waals surface area contributed by atoms with Gasteiger partial charge >= 0.3 is 5.97 Å². The summed E-state index contributed by atoms with van der Waals surface area (Å²) in [5.74, 6) is -1.31. The van der Waals surface area contributed by atoms with Gasteiger partial charge < -0.3 is 10.4 Å². The summed E-state index contributed by atoms with van der Waals surface area (Å²) in [5, 5.41) is 11.6. The fourth-order valence-electron chi connectivity index (χ4n) is 1.97. The fourth-order valence-corrected chi connectivity index (χ4v) is 1.97. The number of carbonyl (C=O) groups excluding carboxylic acids is 1. The number of nitrogens with one attached hydrogen (secondary N) is 1. The number of carbonyl (C=O) groups is 2. The van der Waals surface area contributed by atoms with Gasteiger partial charge in [-0.15, -0.1) is 0 Å². The highest BCUT2D eigenvalue weighted by molar-refractivity contribution is 5.77. The molecule has 0 aliphatic heterocycles. The second-order valence-corrected chi connectivity index (χ2v) is 5.12. The van der Waals surface area contributed by atoms with E-state index in [1.165, 1.54) is 32.1 Å².